The lowest BCUT2D eigenvalue weighted by atomic mass is 9.91. The summed E-state index contributed by atoms with van der Waals surface area (Å²) in [4.78, 5) is 14.2. The number of hydrogen-bond acceptors (Lipinski definition) is 3. The minimum absolute atomic E-state index is 0.289. The van der Waals surface area contributed by atoms with E-state index < -0.39 is 5.60 Å². The zero-order valence-corrected chi connectivity index (χ0v) is 11.9. The maximum Gasteiger partial charge on any atom is 0.407 e. The van der Waals surface area contributed by atoms with Crippen LogP contribution in [-0.2, 0) is 4.74 Å². The van der Waals surface area contributed by atoms with Gasteiger partial charge in [0.25, 0.3) is 0 Å². The van der Waals surface area contributed by atoms with Gasteiger partial charge < -0.3 is 10.1 Å². The lowest BCUT2D eigenvalue weighted by molar-refractivity contribution is 0.0493. The molecule has 0 aromatic rings. The molecule has 1 amide bonds. The molecule has 0 radical (unpaired) electrons. The molecule has 4 heteroatoms. The van der Waals surface area contributed by atoms with Crippen molar-refractivity contribution in [3.8, 4) is 0 Å². The van der Waals surface area contributed by atoms with Gasteiger partial charge in [-0.2, -0.15) is 0 Å². The minimum Gasteiger partial charge on any atom is -0.444 e. The second-order valence-corrected chi connectivity index (χ2v) is 6.50. The Hall–Kier alpha value is -0.770. The summed E-state index contributed by atoms with van der Waals surface area (Å²) in [5.41, 5.74) is -0.409. The molecule has 18 heavy (non-hydrogen) atoms. The van der Waals surface area contributed by atoms with E-state index in [1.54, 1.807) is 0 Å². The van der Waals surface area contributed by atoms with Gasteiger partial charge in [-0.05, 0) is 53.0 Å². The van der Waals surface area contributed by atoms with Crippen molar-refractivity contribution in [2.24, 2.45) is 0 Å². The van der Waals surface area contributed by atoms with E-state index in [2.05, 4.69) is 10.2 Å². The molecule has 1 atom stereocenters. The van der Waals surface area contributed by atoms with Crippen LogP contribution in [0.4, 0.5) is 4.79 Å². The Bertz CT molecular complexity index is 295. The van der Waals surface area contributed by atoms with E-state index in [9.17, 15) is 4.79 Å². The predicted molar refractivity (Wildman–Crippen MR) is 71.6 cm³/mol. The molecule has 1 N–H and O–H groups in total. The van der Waals surface area contributed by atoms with Crippen LogP contribution in [-0.4, -0.2) is 41.8 Å². The summed E-state index contributed by atoms with van der Waals surface area (Å²) >= 11 is 0. The van der Waals surface area contributed by atoms with Crippen LogP contribution in [0.25, 0.3) is 0 Å². The maximum absolute atomic E-state index is 11.6. The molecule has 1 heterocycles. The average Bonchev–Trinajstić information content (AvgIpc) is 2.57. The van der Waals surface area contributed by atoms with Crippen molar-refractivity contribution in [3.63, 3.8) is 0 Å². The Morgan fingerprint density at radius 2 is 2.00 bits per heavy atom. The van der Waals surface area contributed by atoms with Crippen molar-refractivity contribution in [3.05, 3.63) is 0 Å². The largest absolute Gasteiger partial charge is 0.444 e. The number of nitrogens with one attached hydrogen (secondary N) is 1. The zero-order chi connectivity index (χ0) is 13.2. The fraction of sp³-hybridized carbons (Fsp3) is 0.929. The molecule has 0 aromatic carbocycles. The molecule has 2 rings (SSSR count). The highest BCUT2D eigenvalue weighted by Gasteiger charge is 2.33. The van der Waals surface area contributed by atoms with Gasteiger partial charge in [-0.3, -0.25) is 4.90 Å². The van der Waals surface area contributed by atoms with Crippen LogP contribution in [0, 0.1) is 0 Å². The Morgan fingerprint density at radius 1 is 1.28 bits per heavy atom. The van der Waals surface area contributed by atoms with Gasteiger partial charge in [-0.1, -0.05) is 6.42 Å². The molecule has 0 bridgehead atoms. The first-order valence-corrected chi connectivity index (χ1v) is 7.18. The van der Waals surface area contributed by atoms with Crippen LogP contribution in [0.5, 0.6) is 0 Å². The van der Waals surface area contributed by atoms with Gasteiger partial charge in [-0.15, -0.1) is 0 Å². The summed E-state index contributed by atoms with van der Waals surface area (Å²) in [5.74, 6) is 0. The van der Waals surface area contributed by atoms with Gasteiger partial charge in [0.15, 0.2) is 0 Å². The Balaban J connectivity index is 1.73. The lowest BCUT2D eigenvalue weighted by Gasteiger charge is -2.38. The van der Waals surface area contributed by atoms with E-state index in [4.69, 9.17) is 4.74 Å². The number of amides is 1. The lowest BCUT2D eigenvalue weighted by Crippen LogP contribution is -2.48. The Labute approximate surface area is 110 Å². The number of alkyl carbamates (subject to hydrolysis) is 1. The first-order valence-electron chi connectivity index (χ1n) is 7.18. The number of carbonyl (C=O) groups is 1. The number of hydrogen-bond donors (Lipinski definition) is 1. The van der Waals surface area contributed by atoms with Gasteiger partial charge in [0.2, 0.25) is 0 Å². The summed E-state index contributed by atoms with van der Waals surface area (Å²) in [6.07, 6.45) is 6.21. The van der Waals surface area contributed by atoms with Crippen molar-refractivity contribution >= 4 is 6.09 Å². The van der Waals surface area contributed by atoms with Crippen LogP contribution < -0.4 is 5.32 Å². The topological polar surface area (TPSA) is 41.6 Å². The molecule has 2 fully saturated rings. The highest BCUT2D eigenvalue weighted by molar-refractivity contribution is 5.67. The van der Waals surface area contributed by atoms with Crippen LogP contribution in [0.15, 0.2) is 0 Å². The minimum atomic E-state index is -0.409. The number of carbonyl (C=O) groups excluding carboxylic acids is 1. The molecule has 1 aliphatic heterocycles. The molecule has 0 aromatic heterocycles. The molecule has 104 valence electrons. The molecule has 4 nitrogen and oxygen atoms in total. The number of rotatable bonds is 3. The Morgan fingerprint density at radius 3 is 2.56 bits per heavy atom. The molecule has 1 saturated heterocycles. The number of ether oxygens (including phenoxy) is 1. The van der Waals surface area contributed by atoms with Crippen molar-refractivity contribution in [2.45, 2.75) is 70.6 Å². The van der Waals surface area contributed by atoms with Crippen molar-refractivity contribution in [1.82, 2.24) is 10.2 Å². The summed E-state index contributed by atoms with van der Waals surface area (Å²) in [7, 11) is 0. The fourth-order valence-corrected chi connectivity index (χ4v) is 2.79. The standard InChI is InChI=1S/C14H26N2O2/c1-14(2,3)18-13(17)15-10-12-8-5-9-16(12)11-6-4-7-11/h11-12H,4-10H2,1-3H3,(H,15,17)/t12-/m1/s1. The second kappa shape index (κ2) is 5.47. The molecule has 0 spiro atoms. The number of likely N-dealkylation sites (tertiary alicyclic amines) is 1. The normalized spacial score (nSPS) is 25.8. The van der Waals surface area contributed by atoms with E-state index in [1.807, 2.05) is 20.8 Å². The summed E-state index contributed by atoms with van der Waals surface area (Å²) in [6, 6.07) is 1.29. The summed E-state index contributed by atoms with van der Waals surface area (Å²) in [5, 5.41) is 2.91. The molecular formula is C14H26N2O2. The second-order valence-electron chi connectivity index (χ2n) is 6.50. The van der Waals surface area contributed by atoms with E-state index >= 15 is 0 Å². The predicted octanol–water partition coefficient (Wildman–Crippen LogP) is 2.53. The molecule has 2 aliphatic rings. The third kappa shape index (κ3) is 3.61. The fourth-order valence-electron chi connectivity index (χ4n) is 2.79. The number of nitrogens with zero attached hydrogens (tertiary/aromatic N) is 1. The summed E-state index contributed by atoms with van der Waals surface area (Å²) < 4.78 is 5.26. The quantitative estimate of drug-likeness (QED) is 0.841. The van der Waals surface area contributed by atoms with Gasteiger partial charge in [-0.25, -0.2) is 4.79 Å². The molecular weight excluding hydrogens is 228 g/mol. The van der Waals surface area contributed by atoms with Crippen LogP contribution in [0.2, 0.25) is 0 Å². The average molecular weight is 254 g/mol. The van der Waals surface area contributed by atoms with E-state index in [0.29, 0.717) is 6.04 Å². The van der Waals surface area contributed by atoms with Gasteiger partial charge in [0.05, 0.1) is 0 Å². The monoisotopic (exact) mass is 254 g/mol. The Kier molecular flexibility index (Phi) is 4.15. The third-order valence-electron chi connectivity index (χ3n) is 3.85. The molecule has 0 unspecified atom stereocenters. The van der Waals surface area contributed by atoms with Gasteiger partial charge in [0.1, 0.15) is 5.60 Å². The van der Waals surface area contributed by atoms with E-state index in [1.165, 1.54) is 38.6 Å². The van der Waals surface area contributed by atoms with E-state index in [0.717, 1.165) is 12.6 Å². The van der Waals surface area contributed by atoms with Crippen molar-refractivity contribution < 1.29 is 9.53 Å². The first kappa shape index (κ1) is 13.7. The molecule has 1 aliphatic carbocycles. The smallest absolute Gasteiger partial charge is 0.407 e. The van der Waals surface area contributed by atoms with Gasteiger partial charge in [0, 0.05) is 18.6 Å². The van der Waals surface area contributed by atoms with Crippen molar-refractivity contribution in [2.75, 3.05) is 13.1 Å². The van der Waals surface area contributed by atoms with Crippen LogP contribution in [0.1, 0.15) is 52.9 Å². The first-order chi connectivity index (χ1) is 8.46. The maximum atomic E-state index is 11.6. The van der Waals surface area contributed by atoms with E-state index in [-0.39, 0.29) is 6.09 Å². The summed E-state index contributed by atoms with van der Waals surface area (Å²) in [6.45, 7) is 7.60. The van der Waals surface area contributed by atoms with Crippen LogP contribution in [0.3, 0.4) is 0 Å². The third-order valence-corrected chi connectivity index (χ3v) is 3.85. The van der Waals surface area contributed by atoms with Crippen molar-refractivity contribution in [1.29, 1.82) is 0 Å². The van der Waals surface area contributed by atoms with Crippen LogP contribution >= 0.6 is 0 Å². The highest BCUT2D eigenvalue weighted by atomic mass is 16.6. The SMILES string of the molecule is CC(C)(C)OC(=O)NC[C@H]1CCCN1C1CCC1. The zero-order valence-electron chi connectivity index (χ0n) is 11.9. The highest BCUT2D eigenvalue weighted by Crippen LogP contribution is 2.30. The molecule has 1 saturated carbocycles. The van der Waals surface area contributed by atoms with Gasteiger partial charge >= 0.3 is 6.09 Å².